The number of aromatic nitrogens is 1. The number of alkyl halides is 3. The molecule has 0 spiro atoms. The highest BCUT2D eigenvalue weighted by Gasteiger charge is 2.33. The Morgan fingerprint density at radius 3 is 2.05 bits per heavy atom. The highest BCUT2D eigenvalue weighted by Crippen LogP contribution is 2.36. The highest BCUT2D eigenvalue weighted by molar-refractivity contribution is 5.94. The number of benzene rings is 4. The molecular weight excluding hydrogens is 545 g/mol. The van der Waals surface area contributed by atoms with Crippen molar-refractivity contribution < 1.29 is 22.9 Å². The van der Waals surface area contributed by atoms with Gasteiger partial charge < -0.3 is 4.57 Å². The molecule has 0 aliphatic carbocycles. The summed E-state index contributed by atoms with van der Waals surface area (Å²) in [5.74, 6) is -0.721. The molecule has 0 fully saturated rings. The minimum absolute atomic E-state index is 0.160. The fraction of sp³-hybridized carbons (Fsp3) is 0.0625. The van der Waals surface area contributed by atoms with E-state index in [1.807, 2.05) is 97.1 Å². The Morgan fingerprint density at radius 1 is 0.857 bits per heavy atom. The Hall–Kier alpha value is -5.51. The third kappa shape index (κ3) is 6.12. The molecule has 5 rings (SSSR count). The molecular formula is C32H23F3N4O3. The second-order valence-electron chi connectivity index (χ2n) is 9.30. The summed E-state index contributed by atoms with van der Waals surface area (Å²) in [5, 5.41) is 15.5. The highest BCUT2D eigenvalue weighted by atomic mass is 19.4. The molecule has 0 unspecified atom stereocenters. The zero-order chi connectivity index (χ0) is 29.7. The number of nitrogens with one attached hydrogen (secondary N) is 1. The van der Waals surface area contributed by atoms with E-state index in [2.05, 4.69) is 15.1 Å². The molecule has 0 aliphatic rings. The van der Waals surface area contributed by atoms with E-state index in [9.17, 15) is 28.1 Å². The molecule has 1 amide bonds. The number of halogens is 3. The predicted octanol–water partition coefficient (Wildman–Crippen LogP) is 7.43. The minimum atomic E-state index is -4.75. The molecule has 0 bridgehead atoms. The van der Waals surface area contributed by atoms with Crippen LogP contribution in [-0.4, -0.2) is 21.6 Å². The zero-order valence-electron chi connectivity index (χ0n) is 22.0. The fourth-order valence-electron chi connectivity index (χ4n) is 4.63. The van der Waals surface area contributed by atoms with Crippen molar-refractivity contribution in [1.82, 2.24) is 9.99 Å². The number of nitrogens with zero attached hydrogens (tertiary/aromatic N) is 3. The molecule has 4 aromatic carbocycles. The lowest BCUT2D eigenvalue weighted by molar-refractivity contribution is -0.385. The van der Waals surface area contributed by atoms with Crippen LogP contribution in [0.2, 0.25) is 0 Å². The maximum Gasteiger partial charge on any atom is 0.416 e. The van der Waals surface area contributed by atoms with Gasteiger partial charge in [0.2, 0.25) is 5.91 Å². The average molecular weight is 569 g/mol. The van der Waals surface area contributed by atoms with Gasteiger partial charge in [-0.25, -0.2) is 5.43 Å². The molecule has 210 valence electrons. The molecule has 0 aliphatic heterocycles. The van der Waals surface area contributed by atoms with E-state index < -0.39 is 34.7 Å². The van der Waals surface area contributed by atoms with Crippen LogP contribution in [0, 0.1) is 10.1 Å². The number of para-hydroxylation sites is 1. The molecule has 7 nitrogen and oxygen atoms in total. The van der Waals surface area contributed by atoms with Crippen LogP contribution in [0.3, 0.4) is 0 Å². The van der Waals surface area contributed by atoms with Crippen molar-refractivity contribution in [1.29, 1.82) is 0 Å². The largest absolute Gasteiger partial charge is 0.416 e. The number of hydrazone groups is 1. The first-order valence-electron chi connectivity index (χ1n) is 12.8. The zero-order valence-corrected chi connectivity index (χ0v) is 22.0. The van der Waals surface area contributed by atoms with Crippen LogP contribution in [0.4, 0.5) is 18.9 Å². The number of hydrogen-bond donors (Lipinski definition) is 1. The summed E-state index contributed by atoms with van der Waals surface area (Å²) < 4.78 is 41.2. The standard InChI is InChI=1S/C32H23F3N4O3/c33-32(34,35)26-17-16-24(29(20-26)39(41)42)19-30(40)37-36-21-25-18-28(22-10-4-1-5-11-22)38(27-14-8-3-9-15-27)31(25)23-12-6-2-7-13-23/h1-18,20-21H,19H2,(H,37,40)/b36-21+. The van der Waals surface area contributed by atoms with Gasteiger partial charge in [-0.15, -0.1) is 0 Å². The van der Waals surface area contributed by atoms with Crippen LogP contribution < -0.4 is 5.43 Å². The Bertz CT molecular complexity index is 1750. The van der Waals surface area contributed by atoms with Crippen LogP contribution in [-0.2, 0) is 17.4 Å². The van der Waals surface area contributed by atoms with Gasteiger partial charge in [0.25, 0.3) is 5.69 Å². The Kier molecular flexibility index (Phi) is 7.96. The molecule has 1 N–H and O–H groups in total. The van der Waals surface area contributed by atoms with E-state index in [4.69, 9.17) is 0 Å². The van der Waals surface area contributed by atoms with Gasteiger partial charge in [-0.2, -0.15) is 18.3 Å². The summed E-state index contributed by atoms with van der Waals surface area (Å²) in [6.45, 7) is 0. The van der Waals surface area contributed by atoms with Crippen molar-refractivity contribution in [3.63, 3.8) is 0 Å². The molecule has 10 heteroatoms. The first-order valence-corrected chi connectivity index (χ1v) is 12.8. The second-order valence-corrected chi connectivity index (χ2v) is 9.30. The number of nitro benzene ring substituents is 1. The van der Waals surface area contributed by atoms with Crippen molar-refractivity contribution in [2.45, 2.75) is 12.6 Å². The fourth-order valence-corrected chi connectivity index (χ4v) is 4.63. The lowest BCUT2D eigenvalue weighted by atomic mass is 10.1. The van der Waals surface area contributed by atoms with Gasteiger partial charge in [0, 0.05) is 22.9 Å². The van der Waals surface area contributed by atoms with E-state index in [-0.39, 0.29) is 5.56 Å². The van der Waals surface area contributed by atoms with Gasteiger partial charge in [0.15, 0.2) is 0 Å². The minimum Gasteiger partial charge on any atom is -0.309 e. The second kappa shape index (κ2) is 11.9. The van der Waals surface area contributed by atoms with Crippen molar-refractivity contribution in [2.75, 3.05) is 0 Å². The van der Waals surface area contributed by atoms with Crippen molar-refractivity contribution in [3.05, 3.63) is 142 Å². The van der Waals surface area contributed by atoms with E-state index in [1.165, 1.54) is 6.21 Å². The van der Waals surface area contributed by atoms with E-state index in [0.29, 0.717) is 17.7 Å². The number of rotatable bonds is 8. The maximum atomic E-state index is 13.0. The number of carbonyl (C=O) groups is 1. The molecule has 0 saturated carbocycles. The summed E-state index contributed by atoms with van der Waals surface area (Å²) in [6, 6.07) is 33.2. The number of nitro groups is 1. The molecule has 1 heterocycles. The molecule has 0 radical (unpaired) electrons. The van der Waals surface area contributed by atoms with Gasteiger partial charge in [-0.3, -0.25) is 14.9 Å². The van der Waals surface area contributed by atoms with Crippen LogP contribution in [0.1, 0.15) is 16.7 Å². The summed E-state index contributed by atoms with van der Waals surface area (Å²) in [4.78, 5) is 23.1. The molecule has 1 aromatic heterocycles. The third-order valence-corrected chi connectivity index (χ3v) is 6.51. The van der Waals surface area contributed by atoms with Crippen LogP contribution >= 0.6 is 0 Å². The molecule has 0 atom stereocenters. The number of carbonyl (C=O) groups excluding carboxylic acids is 1. The maximum absolute atomic E-state index is 13.0. The van der Waals surface area contributed by atoms with Crippen LogP contribution in [0.5, 0.6) is 0 Å². The molecule has 5 aromatic rings. The molecule has 0 saturated heterocycles. The first kappa shape index (κ1) is 28.0. The predicted molar refractivity (Wildman–Crippen MR) is 154 cm³/mol. The van der Waals surface area contributed by atoms with E-state index in [1.54, 1.807) is 0 Å². The average Bonchev–Trinajstić information content (AvgIpc) is 3.37. The Balaban J connectivity index is 1.50. The number of hydrogen-bond acceptors (Lipinski definition) is 4. The Labute approximate surface area is 238 Å². The van der Waals surface area contributed by atoms with Gasteiger partial charge in [-0.05, 0) is 35.4 Å². The Morgan fingerprint density at radius 2 is 1.45 bits per heavy atom. The van der Waals surface area contributed by atoms with Crippen molar-refractivity contribution in [2.24, 2.45) is 5.10 Å². The monoisotopic (exact) mass is 568 g/mol. The van der Waals surface area contributed by atoms with Crippen molar-refractivity contribution >= 4 is 17.8 Å². The van der Waals surface area contributed by atoms with Crippen LogP contribution in [0.15, 0.2) is 120 Å². The smallest absolute Gasteiger partial charge is 0.309 e. The van der Waals surface area contributed by atoms with E-state index in [0.717, 1.165) is 34.3 Å². The summed E-state index contributed by atoms with van der Waals surface area (Å²) >= 11 is 0. The van der Waals surface area contributed by atoms with E-state index >= 15 is 0 Å². The number of amides is 1. The summed E-state index contributed by atoms with van der Waals surface area (Å²) in [5.41, 5.74) is 5.39. The SMILES string of the molecule is O=C(Cc1ccc(C(F)(F)F)cc1[N+](=O)[O-])N/N=C/c1cc(-c2ccccc2)n(-c2ccccc2)c1-c1ccccc1. The van der Waals surface area contributed by atoms with Gasteiger partial charge in [0.05, 0.1) is 34.5 Å². The quantitative estimate of drug-likeness (QED) is 0.120. The van der Waals surface area contributed by atoms with Gasteiger partial charge >= 0.3 is 6.18 Å². The summed E-state index contributed by atoms with van der Waals surface area (Å²) in [7, 11) is 0. The lowest BCUT2D eigenvalue weighted by Gasteiger charge is -2.15. The third-order valence-electron chi connectivity index (χ3n) is 6.51. The first-order chi connectivity index (χ1) is 20.2. The van der Waals surface area contributed by atoms with Gasteiger partial charge in [0.1, 0.15) is 0 Å². The molecule has 42 heavy (non-hydrogen) atoms. The lowest BCUT2D eigenvalue weighted by Crippen LogP contribution is -2.20. The van der Waals surface area contributed by atoms with Crippen LogP contribution in [0.25, 0.3) is 28.2 Å². The van der Waals surface area contributed by atoms with Gasteiger partial charge in [-0.1, -0.05) is 84.9 Å². The topological polar surface area (TPSA) is 89.5 Å². The summed E-state index contributed by atoms with van der Waals surface area (Å²) in [6.07, 6.45) is -3.80. The van der Waals surface area contributed by atoms with Crippen molar-refractivity contribution in [3.8, 4) is 28.2 Å². The normalized spacial score (nSPS) is 11.5.